The van der Waals surface area contributed by atoms with Crippen LogP contribution in [0.5, 0.6) is 0 Å². The first kappa shape index (κ1) is 10.9. The third kappa shape index (κ3) is 2.69. The molecule has 0 radical (unpaired) electrons. The average Bonchev–Trinajstić information content (AvgIpc) is 2.39. The molecule has 3 unspecified atom stereocenters. The number of carboxylic acid groups (broad SMARTS) is 1. The van der Waals surface area contributed by atoms with Crippen molar-refractivity contribution in [2.45, 2.75) is 44.2 Å². The highest BCUT2D eigenvalue weighted by molar-refractivity contribution is 5.72. The third-order valence-electron chi connectivity index (χ3n) is 3.49. The van der Waals surface area contributed by atoms with Gasteiger partial charge in [0.25, 0.3) is 0 Å². The molecule has 15 heavy (non-hydrogen) atoms. The first-order valence-electron chi connectivity index (χ1n) is 5.84. The zero-order chi connectivity index (χ0) is 10.7. The van der Waals surface area contributed by atoms with Crippen molar-refractivity contribution in [2.24, 2.45) is 5.92 Å². The van der Waals surface area contributed by atoms with Crippen LogP contribution < -0.4 is 5.32 Å². The van der Waals surface area contributed by atoms with Gasteiger partial charge in [0.1, 0.15) is 0 Å². The Balaban J connectivity index is 1.78. The minimum atomic E-state index is -0.649. The molecule has 0 aromatic carbocycles. The van der Waals surface area contributed by atoms with Crippen molar-refractivity contribution in [2.75, 3.05) is 13.2 Å². The number of nitrogens with one attached hydrogen (secondary N) is 1. The third-order valence-corrected chi connectivity index (χ3v) is 3.49. The number of hydrogen-bond acceptors (Lipinski definition) is 3. The van der Waals surface area contributed by atoms with Crippen LogP contribution in [-0.4, -0.2) is 36.4 Å². The minimum Gasteiger partial charge on any atom is -0.481 e. The van der Waals surface area contributed by atoms with E-state index in [1.165, 1.54) is 0 Å². The first-order chi connectivity index (χ1) is 7.27. The molecule has 2 rings (SSSR count). The lowest BCUT2D eigenvalue weighted by molar-refractivity contribution is -0.146. The lowest BCUT2D eigenvalue weighted by atomic mass is 9.79. The van der Waals surface area contributed by atoms with Crippen LogP contribution in [0.4, 0.5) is 0 Å². The maximum atomic E-state index is 10.8. The van der Waals surface area contributed by atoms with Crippen LogP contribution in [0.15, 0.2) is 0 Å². The summed E-state index contributed by atoms with van der Waals surface area (Å²) < 4.78 is 5.38. The number of hydrogen-bond donors (Lipinski definition) is 2. The van der Waals surface area contributed by atoms with Gasteiger partial charge in [0, 0.05) is 25.3 Å². The molecular formula is C11H19NO3. The number of carbonyl (C=O) groups is 1. The van der Waals surface area contributed by atoms with E-state index in [9.17, 15) is 4.79 Å². The van der Waals surface area contributed by atoms with E-state index >= 15 is 0 Å². The Labute approximate surface area is 90.0 Å². The molecule has 1 saturated heterocycles. The molecule has 86 valence electrons. The summed E-state index contributed by atoms with van der Waals surface area (Å²) in [5.74, 6) is -0.808. The highest BCUT2D eigenvalue weighted by atomic mass is 16.5. The van der Waals surface area contributed by atoms with Gasteiger partial charge in [-0.25, -0.2) is 0 Å². The molecule has 0 aromatic heterocycles. The predicted octanol–water partition coefficient (Wildman–Crippen LogP) is 1.01. The molecule has 1 saturated carbocycles. The van der Waals surface area contributed by atoms with Crippen LogP contribution in [0.3, 0.4) is 0 Å². The molecule has 3 atom stereocenters. The molecule has 1 aliphatic carbocycles. The minimum absolute atomic E-state index is 0.158. The van der Waals surface area contributed by atoms with E-state index in [2.05, 4.69) is 5.32 Å². The van der Waals surface area contributed by atoms with Crippen LogP contribution >= 0.6 is 0 Å². The molecular weight excluding hydrogens is 194 g/mol. The van der Waals surface area contributed by atoms with Crippen molar-refractivity contribution < 1.29 is 14.6 Å². The summed E-state index contributed by atoms with van der Waals surface area (Å²) in [6.07, 6.45) is 5.05. The van der Waals surface area contributed by atoms with E-state index in [0.717, 1.165) is 45.3 Å². The van der Waals surface area contributed by atoms with Gasteiger partial charge in [-0.3, -0.25) is 4.79 Å². The summed E-state index contributed by atoms with van der Waals surface area (Å²) in [4.78, 5) is 10.8. The van der Waals surface area contributed by atoms with Gasteiger partial charge in [-0.15, -0.1) is 0 Å². The summed E-state index contributed by atoms with van der Waals surface area (Å²) >= 11 is 0. The topological polar surface area (TPSA) is 58.6 Å². The molecule has 4 nitrogen and oxygen atoms in total. The second-order valence-corrected chi connectivity index (χ2v) is 4.54. The van der Waals surface area contributed by atoms with Gasteiger partial charge in [-0.2, -0.15) is 0 Å². The zero-order valence-corrected chi connectivity index (χ0v) is 8.95. The van der Waals surface area contributed by atoms with Gasteiger partial charge < -0.3 is 15.2 Å². The fourth-order valence-electron chi connectivity index (χ4n) is 2.37. The Hall–Kier alpha value is -0.610. The Morgan fingerprint density at radius 2 is 2.07 bits per heavy atom. The monoisotopic (exact) mass is 213 g/mol. The Morgan fingerprint density at radius 3 is 2.73 bits per heavy atom. The molecule has 1 aliphatic heterocycles. The van der Waals surface area contributed by atoms with Gasteiger partial charge in [-0.05, 0) is 32.1 Å². The molecule has 2 aliphatic rings. The number of ether oxygens (including phenoxy) is 1. The number of carboxylic acids is 1. The standard InChI is InChI=1S/C11H19NO3/c13-11(14)9-3-4-10(9)12-8-2-1-6-15-7-5-8/h8-10,12H,1-7H2,(H,13,14). The van der Waals surface area contributed by atoms with Crippen molar-refractivity contribution in [1.29, 1.82) is 0 Å². The zero-order valence-electron chi connectivity index (χ0n) is 8.95. The number of rotatable bonds is 3. The smallest absolute Gasteiger partial charge is 0.308 e. The van der Waals surface area contributed by atoms with Gasteiger partial charge in [0.2, 0.25) is 0 Å². The highest BCUT2D eigenvalue weighted by Gasteiger charge is 2.37. The maximum absolute atomic E-state index is 10.8. The Kier molecular flexibility index (Phi) is 3.59. The van der Waals surface area contributed by atoms with Crippen molar-refractivity contribution in [3.05, 3.63) is 0 Å². The molecule has 0 spiro atoms. The molecule has 2 fully saturated rings. The van der Waals surface area contributed by atoms with E-state index in [0.29, 0.717) is 6.04 Å². The Bertz CT molecular complexity index is 224. The summed E-state index contributed by atoms with van der Waals surface area (Å²) in [5.41, 5.74) is 0. The average molecular weight is 213 g/mol. The van der Waals surface area contributed by atoms with Crippen molar-refractivity contribution in [1.82, 2.24) is 5.32 Å². The largest absolute Gasteiger partial charge is 0.481 e. The molecule has 0 bridgehead atoms. The van der Waals surface area contributed by atoms with Crippen LogP contribution in [0, 0.1) is 5.92 Å². The molecule has 0 amide bonds. The van der Waals surface area contributed by atoms with Crippen LogP contribution in [0.1, 0.15) is 32.1 Å². The lowest BCUT2D eigenvalue weighted by Crippen LogP contribution is -2.51. The van der Waals surface area contributed by atoms with Crippen LogP contribution in [0.25, 0.3) is 0 Å². The molecule has 4 heteroatoms. The normalized spacial score (nSPS) is 36.7. The quantitative estimate of drug-likeness (QED) is 0.734. The lowest BCUT2D eigenvalue weighted by Gasteiger charge is -2.36. The highest BCUT2D eigenvalue weighted by Crippen LogP contribution is 2.28. The Morgan fingerprint density at radius 1 is 1.20 bits per heavy atom. The van der Waals surface area contributed by atoms with Crippen LogP contribution in [-0.2, 0) is 9.53 Å². The predicted molar refractivity (Wildman–Crippen MR) is 55.7 cm³/mol. The van der Waals surface area contributed by atoms with E-state index in [-0.39, 0.29) is 12.0 Å². The summed E-state index contributed by atoms with van der Waals surface area (Å²) in [6, 6.07) is 0.658. The van der Waals surface area contributed by atoms with Gasteiger partial charge >= 0.3 is 5.97 Å². The van der Waals surface area contributed by atoms with Gasteiger partial charge in [0.15, 0.2) is 0 Å². The molecule has 0 aromatic rings. The second-order valence-electron chi connectivity index (χ2n) is 4.54. The second kappa shape index (κ2) is 4.94. The van der Waals surface area contributed by atoms with E-state index in [1.807, 2.05) is 0 Å². The summed E-state index contributed by atoms with van der Waals surface area (Å²) in [6.45, 7) is 1.66. The number of aliphatic carboxylic acids is 1. The van der Waals surface area contributed by atoms with Crippen molar-refractivity contribution >= 4 is 5.97 Å². The van der Waals surface area contributed by atoms with E-state index in [1.54, 1.807) is 0 Å². The van der Waals surface area contributed by atoms with Crippen molar-refractivity contribution in [3.63, 3.8) is 0 Å². The van der Waals surface area contributed by atoms with Gasteiger partial charge in [-0.1, -0.05) is 0 Å². The molecule has 2 N–H and O–H groups in total. The first-order valence-corrected chi connectivity index (χ1v) is 5.84. The summed E-state index contributed by atoms with van der Waals surface area (Å²) in [7, 11) is 0. The van der Waals surface area contributed by atoms with Crippen LogP contribution in [0.2, 0.25) is 0 Å². The van der Waals surface area contributed by atoms with E-state index in [4.69, 9.17) is 9.84 Å². The molecule has 1 heterocycles. The van der Waals surface area contributed by atoms with Gasteiger partial charge in [0.05, 0.1) is 5.92 Å². The summed E-state index contributed by atoms with van der Waals surface area (Å²) in [5, 5.41) is 12.4. The van der Waals surface area contributed by atoms with E-state index < -0.39 is 5.97 Å². The SMILES string of the molecule is O=C(O)C1CCC1NC1CCCOCC1. The van der Waals surface area contributed by atoms with Crippen molar-refractivity contribution in [3.8, 4) is 0 Å². The fraction of sp³-hybridized carbons (Fsp3) is 0.909. The fourth-order valence-corrected chi connectivity index (χ4v) is 2.37. The maximum Gasteiger partial charge on any atom is 0.308 e.